The van der Waals surface area contributed by atoms with Crippen molar-refractivity contribution in [1.29, 1.82) is 0 Å². The van der Waals surface area contributed by atoms with Crippen molar-refractivity contribution in [3.8, 4) is 0 Å². The van der Waals surface area contributed by atoms with Gasteiger partial charge in [-0.05, 0) is 38.5 Å². The Kier molecular flexibility index (Phi) is 5.62. The lowest BCUT2D eigenvalue weighted by atomic mass is 10.0. The van der Waals surface area contributed by atoms with Crippen molar-refractivity contribution in [1.82, 2.24) is 9.97 Å². The minimum Gasteiger partial charge on any atom is -0.370 e. The number of nitrogens with zero attached hydrogens (tertiary/aromatic N) is 2. The Morgan fingerprint density at radius 3 is 2.65 bits per heavy atom. The number of hydrogen-bond donors (Lipinski definition) is 2. The number of aromatic nitrogens is 2. The molecule has 1 fully saturated rings. The van der Waals surface area contributed by atoms with E-state index in [1.165, 1.54) is 37.7 Å². The van der Waals surface area contributed by atoms with Crippen LogP contribution in [0.4, 0.5) is 11.6 Å². The smallest absolute Gasteiger partial charge is 0.134 e. The number of hydrogen-bond acceptors (Lipinski definition) is 4. The predicted octanol–water partition coefficient (Wildman–Crippen LogP) is 3.85. The average molecular weight is 276 g/mol. The van der Waals surface area contributed by atoms with Crippen LogP contribution in [0, 0.1) is 5.92 Å². The molecule has 4 nitrogen and oxygen atoms in total. The van der Waals surface area contributed by atoms with Crippen LogP contribution in [0.2, 0.25) is 0 Å². The van der Waals surface area contributed by atoms with Gasteiger partial charge in [0.05, 0.1) is 0 Å². The summed E-state index contributed by atoms with van der Waals surface area (Å²) in [6.45, 7) is 7.53. The molecule has 1 saturated carbocycles. The van der Waals surface area contributed by atoms with Gasteiger partial charge in [-0.15, -0.1) is 0 Å². The van der Waals surface area contributed by atoms with E-state index in [9.17, 15) is 0 Å². The fourth-order valence-corrected chi connectivity index (χ4v) is 3.02. The molecule has 1 aliphatic carbocycles. The highest BCUT2D eigenvalue weighted by atomic mass is 15.1. The second-order valence-electron chi connectivity index (χ2n) is 5.89. The van der Waals surface area contributed by atoms with Crippen molar-refractivity contribution < 1.29 is 0 Å². The summed E-state index contributed by atoms with van der Waals surface area (Å²) in [6, 6.07) is 0.564. The first kappa shape index (κ1) is 15.1. The van der Waals surface area contributed by atoms with Gasteiger partial charge in [0.1, 0.15) is 18.0 Å². The van der Waals surface area contributed by atoms with Gasteiger partial charge in [0, 0.05) is 18.2 Å². The van der Waals surface area contributed by atoms with Crippen LogP contribution in [0.5, 0.6) is 0 Å². The van der Waals surface area contributed by atoms with Crippen LogP contribution in [0.15, 0.2) is 6.33 Å². The highest BCUT2D eigenvalue weighted by Crippen LogP contribution is 2.27. The van der Waals surface area contributed by atoms with Gasteiger partial charge in [-0.3, -0.25) is 0 Å². The van der Waals surface area contributed by atoms with Gasteiger partial charge in [0.2, 0.25) is 0 Å². The fourth-order valence-electron chi connectivity index (χ4n) is 3.02. The van der Waals surface area contributed by atoms with Crippen molar-refractivity contribution in [3.05, 3.63) is 11.9 Å². The van der Waals surface area contributed by atoms with Gasteiger partial charge in [-0.25, -0.2) is 9.97 Å². The molecule has 2 atom stereocenters. The van der Waals surface area contributed by atoms with E-state index in [4.69, 9.17) is 0 Å². The Hall–Kier alpha value is -1.32. The Morgan fingerprint density at radius 2 is 1.90 bits per heavy atom. The van der Waals surface area contributed by atoms with E-state index in [2.05, 4.69) is 41.4 Å². The maximum Gasteiger partial charge on any atom is 0.134 e. The zero-order valence-electron chi connectivity index (χ0n) is 13.1. The first-order valence-corrected chi connectivity index (χ1v) is 8.08. The molecular weight excluding hydrogens is 248 g/mol. The molecule has 0 aromatic carbocycles. The highest BCUT2D eigenvalue weighted by Gasteiger charge is 2.18. The molecule has 0 radical (unpaired) electrons. The summed E-state index contributed by atoms with van der Waals surface area (Å²) in [5.41, 5.74) is 1.21. The molecule has 20 heavy (non-hydrogen) atoms. The summed E-state index contributed by atoms with van der Waals surface area (Å²) >= 11 is 0. The third-order valence-electron chi connectivity index (χ3n) is 4.24. The van der Waals surface area contributed by atoms with Gasteiger partial charge < -0.3 is 10.6 Å². The second kappa shape index (κ2) is 7.46. The van der Waals surface area contributed by atoms with Gasteiger partial charge in [0.15, 0.2) is 0 Å². The lowest BCUT2D eigenvalue weighted by Crippen LogP contribution is -2.21. The van der Waals surface area contributed by atoms with E-state index in [0.717, 1.165) is 30.5 Å². The van der Waals surface area contributed by atoms with Crippen molar-refractivity contribution in [3.63, 3.8) is 0 Å². The molecule has 0 spiro atoms. The number of nitrogens with one attached hydrogen (secondary N) is 2. The zero-order chi connectivity index (χ0) is 14.4. The lowest BCUT2D eigenvalue weighted by molar-refractivity contribution is 0.501. The first-order chi connectivity index (χ1) is 9.74. The van der Waals surface area contributed by atoms with E-state index >= 15 is 0 Å². The van der Waals surface area contributed by atoms with E-state index in [-0.39, 0.29) is 0 Å². The van der Waals surface area contributed by atoms with Crippen LogP contribution in [-0.2, 0) is 6.42 Å². The van der Waals surface area contributed by atoms with Crippen LogP contribution in [0.1, 0.15) is 58.4 Å². The number of rotatable bonds is 5. The molecule has 4 heteroatoms. The van der Waals surface area contributed by atoms with E-state index in [1.54, 1.807) is 6.33 Å². The van der Waals surface area contributed by atoms with Crippen molar-refractivity contribution in [2.75, 3.05) is 17.2 Å². The fraction of sp³-hybridized carbons (Fsp3) is 0.750. The molecule has 0 aliphatic heterocycles. The average Bonchev–Trinajstić information content (AvgIpc) is 2.65. The summed E-state index contributed by atoms with van der Waals surface area (Å²) < 4.78 is 0. The molecule has 0 saturated heterocycles. The predicted molar refractivity (Wildman–Crippen MR) is 85.2 cm³/mol. The summed E-state index contributed by atoms with van der Waals surface area (Å²) in [4.78, 5) is 8.84. The van der Waals surface area contributed by atoms with Gasteiger partial charge in [-0.1, -0.05) is 26.7 Å². The zero-order valence-corrected chi connectivity index (χ0v) is 13.1. The molecule has 0 amide bonds. The summed E-state index contributed by atoms with van der Waals surface area (Å²) in [7, 11) is 0. The molecule has 2 N–H and O–H groups in total. The highest BCUT2D eigenvalue weighted by molar-refractivity contribution is 5.57. The van der Waals surface area contributed by atoms with Gasteiger partial charge in [-0.2, -0.15) is 0 Å². The molecule has 2 unspecified atom stereocenters. The van der Waals surface area contributed by atoms with Crippen LogP contribution in [0.25, 0.3) is 0 Å². The van der Waals surface area contributed by atoms with Crippen LogP contribution in [0.3, 0.4) is 0 Å². The molecule has 0 bridgehead atoms. The normalized spacial score (nSPS) is 23.1. The van der Waals surface area contributed by atoms with Crippen molar-refractivity contribution in [2.24, 2.45) is 5.92 Å². The van der Waals surface area contributed by atoms with Crippen molar-refractivity contribution in [2.45, 2.75) is 65.3 Å². The van der Waals surface area contributed by atoms with Crippen molar-refractivity contribution >= 4 is 11.6 Å². The lowest BCUT2D eigenvalue weighted by Gasteiger charge is -2.20. The largest absolute Gasteiger partial charge is 0.370 e. The summed E-state index contributed by atoms with van der Waals surface area (Å²) in [6.07, 6.45) is 9.15. The van der Waals surface area contributed by atoms with E-state index < -0.39 is 0 Å². The van der Waals surface area contributed by atoms with Gasteiger partial charge >= 0.3 is 0 Å². The SMILES string of the molecule is CCNc1ncnc(NC2CCCC(C)CC2)c1CC. The van der Waals surface area contributed by atoms with Crippen LogP contribution >= 0.6 is 0 Å². The third kappa shape index (κ3) is 3.84. The minimum atomic E-state index is 0.564. The Balaban J connectivity index is 2.09. The third-order valence-corrected chi connectivity index (χ3v) is 4.24. The topological polar surface area (TPSA) is 49.8 Å². The quantitative estimate of drug-likeness (QED) is 0.802. The monoisotopic (exact) mass is 276 g/mol. The Bertz CT molecular complexity index is 419. The Morgan fingerprint density at radius 1 is 1.10 bits per heavy atom. The molecule has 1 aromatic heterocycles. The molecule has 112 valence electrons. The second-order valence-corrected chi connectivity index (χ2v) is 5.89. The summed E-state index contributed by atoms with van der Waals surface area (Å²) in [5, 5.41) is 7.00. The van der Waals surface area contributed by atoms with E-state index in [0.29, 0.717) is 6.04 Å². The van der Waals surface area contributed by atoms with Crippen LogP contribution < -0.4 is 10.6 Å². The molecule has 2 rings (SSSR count). The maximum absolute atomic E-state index is 4.47. The molecular formula is C16H28N4. The maximum atomic E-state index is 4.47. The standard InChI is InChI=1S/C16H28N4/c1-4-14-15(17-5-2)18-11-19-16(14)20-13-8-6-7-12(3)9-10-13/h11-13H,4-10H2,1-3H3,(H2,17,18,19,20). The Labute approximate surface area is 122 Å². The molecule has 1 heterocycles. The summed E-state index contributed by atoms with van der Waals surface area (Å²) in [5.74, 6) is 2.88. The minimum absolute atomic E-state index is 0.564. The van der Waals surface area contributed by atoms with Gasteiger partial charge in [0.25, 0.3) is 0 Å². The van der Waals surface area contributed by atoms with E-state index in [1.807, 2.05) is 0 Å². The number of anilines is 2. The van der Waals surface area contributed by atoms with Crippen LogP contribution in [-0.4, -0.2) is 22.6 Å². The molecule has 1 aliphatic rings. The molecule has 1 aromatic rings. The first-order valence-electron chi connectivity index (χ1n) is 8.08.